The molecule has 0 aliphatic carbocycles. The number of nitrogens with one attached hydrogen (secondary N) is 1. The van der Waals surface area contributed by atoms with Gasteiger partial charge in [-0.25, -0.2) is 4.79 Å². The maximum absolute atomic E-state index is 11.6. The number of esters is 1. The topological polar surface area (TPSA) is 86.6 Å². The van der Waals surface area contributed by atoms with Gasteiger partial charge in [0.1, 0.15) is 11.4 Å². The number of carbonyl (C=O) groups is 1. The predicted molar refractivity (Wildman–Crippen MR) is 77.6 cm³/mol. The van der Waals surface area contributed by atoms with Crippen LogP contribution in [-0.4, -0.2) is 31.3 Å². The van der Waals surface area contributed by atoms with Gasteiger partial charge in [0.2, 0.25) is 0 Å². The van der Waals surface area contributed by atoms with Crippen LogP contribution in [0, 0.1) is 0 Å². The van der Waals surface area contributed by atoms with E-state index in [1.165, 1.54) is 7.11 Å². The number of hydrogen-bond donors (Lipinski definition) is 2. The lowest BCUT2D eigenvalue weighted by atomic mass is 10.1. The number of anilines is 1. The lowest BCUT2D eigenvalue weighted by molar-refractivity contribution is 0.0602. The van der Waals surface area contributed by atoms with Crippen LogP contribution in [0.15, 0.2) is 24.3 Å². The molecule has 0 fully saturated rings. The molecule has 0 radical (unpaired) electrons. The second kappa shape index (κ2) is 5.40. The zero-order valence-electron chi connectivity index (χ0n) is 11.6. The van der Waals surface area contributed by atoms with Crippen molar-refractivity contribution in [3.05, 3.63) is 29.8 Å². The van der Waals surface area contributed by atoms with Crippen molar-refractivity contribution in [2.75, 3.05) is 26.1 Å². The average molecular weight is 288 g/mol. The molecule has 2 aromatic rings. The van der Waals surface area contributed by atoms with Gasteiger partial charge in [-0.1, -0.05) is 0 Å². The Hall–Kier alpha value is -2.63. The van der Waals surface area contributed by atoms with Gasteiger partial charge < -0.3 is 24.9 Å². The maximum Gasteiger partial charge on any atom is 0.341 e. The van der Waals surface area contributed by atoms with Crippen LogP contribution in [0.3, 0.4) is 0 Å². The van der Waals surface area contributed by atoms with E-state index in [1.807, 2.05) is 18.2 Å². The molecule has 21 heavy (non-hydrogen) atoms. The Balaban J connectivity index is 1.97. The van der Waals surface area contributed by atoms with Crippen molar-refractivity contribution in [1.82, 2.24) is 4.98 Å². The molecule has 0 saturated carbocycles. The minimum atomic E-state index is -0.468. The van der Waals surface area contributed by atoms with Gasteiger partial charge >= 0.3 is 5.97 Å². The number of nitrogen functional groups attached to an aromatic ring is 1. The lowest BCUT2D eigenvalue weighted by Gasteiger charge is -2.08. The number of rotatable bonds is 2. The first-order chi connectivity index (χ1) is 10.2. The zero-order chi connectivity index (χ0) is 14.8. The second-order valence-corrected chi connectivity index (χ2v) is 4.71. The standard InChI is InChI=1S/C15H16N2O4/c1-19-15(18)10-8-11(17-14(10)16)9-3-4-12-13(7-9)21-6-2-5-20-12/h3-4,7-8,17H,2,5-6,16H2,1H3. The molecular weight excluding hydrogens is 272 g/mol. The fourth-order valence-corrected chi connectivity index (χ4v) is 2.24. The number of aromatic nitrogens is 1. The Labute approximate surface area is 121 Å². The van der Waals surface area contributed by atoms with Crippen LogP contribution in [0.4, 0.5) is 5.82 Å². The van der Waals surface area contributed by atoms with Crippen LogP contribution in [0.2, 0.25) is 0 Å². The minimum absolute atomic E-state index is 0.281. The average Bonchev–Trinajstić information content (AvgIpc) is 2.74. The van der Waals surface area contributed by atoms with Crippen LogP contribution >= 0.6 is 0 Å². The SMILES string of the molecule is COC(=O)c1cc(-c2ccc3c(c2)OCCCO3)[nH]c1N. The van der Waals surface area contributed by atoms with Crippen molar-refractivity contribution in [1.29, 1.82) is 0 Å². The number of fused-ring (bicyclic) bond motifs is 1. The summed E-state index contributed by atoms with van der Waals surface area (Å²) < 4.78 is 15.9. The number of benzene rings is 1. The van der Waals surface area contributed by atoms with E-state index in [1.54, 1.807) is 6.07 Å². The van der Waals surface area contributed by atoms with E-state index in [-0.39, 0.29) is 5.82 Å². The van der Waals surface area contributed by atoms with Crippen molar-refractivity contribution < 1.29 is 19.0 Å². The highest BCUT2D eigenvalue weighted by Gasteiger charge is 2.17. The number of hydrogen-bond acceptors (Lipinski definition) is 5. The second-order valence-electron chi connectivity index (χ2n) is 4.71. The number of H-pyrrole nitrogens is 1. The van der Waals surface area contributed by atoms with Crippen molar-refractivity contribution >= 4 is 11.8 Å². The summed E-state index contributed by atoms with van der Waals surface area (Å²) in [6.07, 6.45) is 0.853. The van der Waals surface area contributed by atoms with Crippen LogP contribution in [0.1, 0.15) is 16.8 Å². The van der Waals surface area contributed by atoms with E-state index in [9.17, 15) is 4.79 Å². The molecule has 0 bridgehead atoms. The van der Waals surface area contributed by atoms with E-state index in [4.69, 9.17) is 15.2 Å². The van der Waals surface area contributed by atoms with Gasteiger partial charge in [0.25, 0.3) is 0 Å². The monoisotopic (exact) mass is 288 g/mol. The zero-order valence-corrected chi connectivity index (χ0v) is 11.6. The van der Waals surface area contributed by atoms with Gasteiger partial charge in [-0.2, -0.15) is 0 Å². The molecule has 0 saturated heterocycles. The Morgan fingerprint density at radius 1 is 1.24 bits per heavy atom. The van der Waals surface area contributed by atoms with E-state index < -0.39 is 5.97 Å². The summed E-state index contributed by atoms with van der Waals surface area (Å²) in [6.45, 7) is 1.27. The summed E-state index contributed by atoms with van der Waals surface area (Å²) in [7, 11) is 1.32. The molecule has 6 nitrogen and oxygen atoms in total. The predicted octanol–water partition coefficient (Wildman–Crippen LogP) is 2.21. The fourth-order valence-electron chi connectivity index (χ4n) is 2.24. The van der Waals surface area contributed by atoms with Crippen molar-refractivity contribution in [3.8, 4) is 22.8 Å². The summed E-state index contributed by atoms with van der Waals surface area (Å²) in [5.74, 6) is 1.23. The van der Waals surface area contributed by atoms with Gasteiger partial charge in [0.15, 0.2) is 11.5 Å². The van der Waals surface area contributed by atoms with E-state index in [2.05, 4.69) is 9.72 Å². The molecular formula is C15H16N2O4. The summed E-state index contributed by atoms with van der Waals surface area (Å²) in [5, 5.41) is 0. The van der Waals surface area contributed by atoms with Crippen LogP contribution < -0.4 is 15.2 Å². The highest BCUT2D eigenvalue weighted by Crippen LogP contribution is 2.34. The fraction of sp³-hybridized carbons (Fsp3) is 0.267. The van der Waals surface area contributed by atoms with Crippen molar-refractivity contribution in [3.63, 3.8) is 0 Å². The first kappa shape index (κ1) is 13.4. The first-order valence-corrected chi connectivity index (χ1v) is 6.66. The molecule has 0 atom stereocenters. The smallest absolute Gasteiger partial charge is 0.341 e. The maximum atomic E-state index is 11.6. The van der Waals surface area contributed by atoms with E-state index in [0.717, 1.165) is 23.4 Å². The molecule has 2 heterocycles. The molecule has 6 heteroatoms. The summed E-state index contributed by atoms with van der Waals surface area (Å²) >= 11 is 0. The van der Waals surface area contributed by atoms with Gasteiger partial charge in [0, 0.05) is 17.7 Å². The summed E-state index contributed by atoms with van der Waals surface area (Å²) in [5.41, 5.74) is 7.71. The number of ether oxygens (including phenoxy) is 3. The van der Waals surface area contributed by atoms with Crippen molar-refractivity contribution in [2.24, 2.45) is 0 Å². The molecule has 1 aromatic heterocycles. The molecule has 1 aromatic carbocycles. The third kappa shape index (κ3) is 2.52. The largest absolute Gasteiger partial charge is 0.490 e. The highest BCUT2D eigenvalue weighted by molar-refractivity contribution is 5.96. The third-order valence-corrected chi connectivity index (χ3v) is 3.31. The number of nitrogens with two attached hydrogens (primary N) is 1. The lowest BCUT2D eigenvalue weighted by Crippen LogP contribution is -2.02. The highest BCUT2D eigenvalue weighted by atomic mass is 16.5. The quantitative estimate of drug-likeness (QED) is 0.827. The molecule has 1 aliphatic rings. The van der Waals surface area contributed by atoms with Gasteiger partial charge in [-0.15, -0.1) is 0 Å². The van der Waals surface area contributed by atoms with Crippen molar-refractivity contribution in [2.45, 2.75) is 6.42 Å². The van der Waals surface area contributed by atoms with Gasteiger partial charge in [-0.3, -0.25) is 0 Å². The van der Waals surface area contributed by atoms with E-state index in [0.29, 0.717) is 24.5 Å². The normalized spacial score (nSPS) is 13.6. The van der Waals surface area contributed by atoms with E-state index >= 15 is 0 Å². The first-order valence-electron chi connectivity index (χ1n) is 6.66. The molecule has 3 rings (SSSR count). The molecule has 0 unspecified atom stereocenters. The minimum Gasteiger partial charge on any atom is -0.490 e. The summed E-state index contributed by atoms with van der Waals surface area (Å²) in [4.78, 5) is 14.6. The summed E-state index contributed by atoms with van der Waals surface area (Å²) in [6, 6.07) is 7.28. The molecule has 0 amide bonds. The Bertz CT molecular complexity index is 678. The molecule has 110 valence electrons. The number of carbonyl (C=O) groups excluding carboxylic acids is 1. The Morgan fingerprint density at radius 2 is 2.00 bits per heavy atom. The van der Waals surface area contributed by atoms with Gasteiger partial charge in [0.05, 0.1) is 20.3 Å². The van der Waals surface area contributed by atoms with Crippen LogP contribution in [0.5, 0.6) is 11.5 Å². The molecule has 0 spiro atoms. The third-order valence-electron chi connectivity index (χ3n) is 3.31. The van der Waals surface area contributed by atoms with Gasteiger partial charge in [-0.05, 0) is 24.3 Å². The van der Waals surface area contributed by atoms with Crippen LogP contribution in [-0.2, 0) is 4.74 Å². The van der Waals surface area contributed by atoms with Crippen LogP contribution in [0.25, 0.3) is 11.3 Å². The molecule has 1 aliphatic heterocycles. The number of methoxy groups -OCH3 is 1. The number of aromatic amines is 1. The Kier molecular flexibility index (Phi) is 3.43. The Morgan fingerprint density at radius 3 is 2.76 bits per heavy atom. The molecule has 3 N–H and O–H groups in total.